The van der Waals surface area contributed by atoms with Gasteiger partial charge in [-0.1, -0.05) is 28.1 Å². The predicted molar refractivity (Wildman–Crippen MR) is 107 cm³/mol. The van der Waals surface area contributed by atoms with Crippen LogP contribution in [-0.4, -0.2) is 55.5 Å². The molecule has 1 amide bonds. The van der Waals surface area contributed by atoms with E-state index in [-0.39, 0.29) is 12.1 Å². The van der Waals surface area contributed by atoms with E-state index in [0.29, 0.717) is 6.54 Å². The lowest BCUT2D eigenvalue weighted by atomic mass is 10.1. The van der Waals surface area contributed by atoms with Crippen LogP contribution in [-0.2, 0) is 15.9 Å². The number of amides is 1. The Bertz CT molecular complexity index is 557. The van der Waals surface area contributed by atoms with Crippen LogP contribution in [0.5, 0.6) is 0 Å². The number of hydrogen-bond acceptors (Lipinski definition) is 4. The molecule has 0 radical (unpaired) electrons. The van der Waals surface area contributed by atoms with E-state index in [1.54, 1.807) is 0 Å². The number of piperazine rings is 1. The first-order chi connectivity index (χ1) is 12.3. The second kappa shape index (κ2) is 10.3. The molecule has 0 spiro atoms. The quantitative estimate of drug-likeness (QED) is 0.669. The van der Waals surface area contributed by atoms with Crippen LogP contribution in [0.1, 0.15) is 39.2 Å². The van der Waals surface area contributed by atoms with Crippen LogP contribution in [0.2, 0.25) is 0 Å². The Kier molecular flexibility index (Phi) is 8.38. The SMILES string of the molecule is CC(C)(C)OC(=O)N1CCNCC1CCCOCCc1ccc(Br)cc1. The van der Waals surface area contributed by atoms with Crippen molar-refractivity contribution in [3.63, 3.8) is 0 Å². The van der Waals surface area contributed by atoms with Crippen LogP contribution >= 0.6 is 15.9 Å². The molecule has 2 rings (SSSR count). The highest BCUT2D eigenvalue weighted by Crippen LogP contribution is 2.16. The summed E-state index contributed by atoms with van der Waals surface area (Å²) in [5, 5.41) is 3.37. The fourth-order valence-electron chi connectivity index (χ4n) is 2.94. The number of carbonyl (C=O) groups excluding carboxylic acids is 1. The van der Waals surface area contributed by atoms with Gasteiger partial charge in [0.2, 0.25) is 0 Å². The largest absolute Gasteiger partial charge is 0.444 e. The molecular weight excluding hydrogens is 396 g/mol. The summed E-state index contributed by atoms with van der Waals surface area (Å²) >= 11 is 3.44. The zero-order valence-electron chi connectivity index (χ0n) is 16.1. The molecular formula is C20H31BrN2O3. The number of halogens is 1. The Morgan fingerprint density at radius 3 is 2.69 bits per heavy atom. The van der Waals surface area contributed by atoms with Crippen molar-refractivity contribution < 1.29 is 14.3 Å². The molecule has 5 nitrogen and oxygen atoms in total. The van der Waals surface area contributed by atoms with Gasteiger partial charge >= 0.3 is 6.09 Å². The third-order valence-electron chi connectivity index (χ3n) is 4.25. The highest BCUT2D eigenvalue weighted by atomic mass is 79.9. The second-order valence-electron chi connectivity index (χ2n) is 7.66. The third-order valence-corrected chi connectivity index (χ3v) is 4.78. The molecule has 1 unspecified atom stereocenters. The summed E-state index contributed by atoms with van der Waals surface area (Å²) in [5.74, 6) is 0. The summed E-state index contributed by atoms with van der Waals surface area (Å²) in [7, 11) is 0. The van der Waals surface area contributed by atoms with Gasteiger partial charge in [0, 0.05) is 36.8 Å². The van der Waals surface area contributed by atoms with E-state index in [1.165, 1.54) is 5.56 Å². The van der Waals surface area contributed by atoms with Gasteiger partial charge in [-0.05, 0) is 57.7 Å². The Morgan fingerprint density at radius 1 is 1.27 bits per heavy atom. The molecule has 0 saturated carbocycles. The lowest BCUT2D eigenvalue weighted by Gasteiger charge is -2.37. The first-order valence-electron chi connectivity index (χ1n) is 9.38. The molecule has 1 aliphatic heterocycles. The van der Waals surface area contributed by atoms with Gasteiger partial charge in [0.1, 0.15) is 5.60 Å². The average molecular weight is 427 g/mol. The van der Waals surface area contributed by atoms with E-state index in [9.17, 15) is 4.79 Å². The molecule has 1 atom stereocenters. The number of hydrogen-bond donors (Lipinski definition) is 1. The topological polar surface area (TPSA) is 50.8 Å². The summed E-state index contributed by atoms with van der Waals surface area (Å²) in [4.78, 5) is 14.2. The first kappa shape index (κ1) is 21.2. The van der Waals surface area contributed by atoms with Gasteiger partial charge in [-0.2, -0.15) is 0 Å². The summed E-state index contributed by atoms with van der Waals surface area (Å²) in [6.45, 7) is 9.49. The van der Waals surface area contributed by atoms with Crippen LogP contribution in [0.25, 0.3) is 0 Å². The Hall–Kier alpha value is -1.11. The van der Waals surface area contributed by atoms with Crippen LogP contribution in [0.4, 0.5) is 4.79 Å². The Labute approximate surface area is 165 Å². The molecule has 1 aliphatic rings. The Balaban J connectivity index is 1.66. The van der Waals surface area contributed by atoms with Crippen molar-refractivity contribution >= 4 is 22.0 Å². The number of ether oxygens (including phenoxy) is 2. The summed E-state index contributed by atoms with van der Waals surface area (Å²) < 4.78 is 12.4. The van der Waals surface area contributed by atoms with Crippen molar-refractivity contribution in [2.75, 3.05) is 32.8 Å². The number of nitrogens with zero attached hydrogens (tertiary/aromatic N) is 1. The van der Waals surface area contributed by atoms with Crippen LogP contribution in [0.3, 0.4) is 0 Å². The maximum atomic E-state index is 12.4. The average Bonchev–Trinajstić information content (AvgIpc) is 2.58. The van der Waals surface area contributed by atoms with Gasteiger partial charge in [-0.3, -0.25) is 0 Å². The van der Waals surface area contributed by atoms with Crippen molar-refractivity contribution in [3.05, 3.63) is 34.3 Å². The van der Waals surface area contributed by atoms with Gasteiger partial charge < -0.3 is 19.7 Å². The minimum atomic E-state index is -0.456. The minimum Gasteiger partial charge on any atom is -0.444 e. The molecule has 146 valence electrons. The summed E-state index contributed by atoms with van der Waals surface area (Å²) in [6, 6.07) is 8.50. The maximum Gasteiger partial charge on any atom is 0.410 e. The predicted octanol–water partition coefficient (Wildman–Crippen LogP) is 4.00. The lowest BCUT2D eigenvalue weighted by Crippen LogP contribution is -2.54. The fraction of sp³-hybridized carbons (Fsp3) is 0.650. The second-order valence-corrected chi connectivity index (χ2v) is 8.58. The summed E-state index contributed by atoms with van der Waals surface area (Å²) in [5.41, 5.74) is 0.823. The van der Waals surface area contributed by atoms with Crippen LogP contribution < -0.4 is 5.32 Å². The van der Waals surface area contributed by atoms with Gasteiger partial charge in [-0.15, -0.1) is 0 Å². The molecule has 1 aromatic carbocycles. The first-order valence-corrected chi connectivity index (χ1v) is 10.2. The Morgan fingerprint density at radius 2 is 2.00 bits per heavy atom. The van der Waals surface area contributed by atoms with E-state index in [0.717, 1.165) is 50.0 Å². The highest BCUT2D eigenvalue weighted by Gasteiger charge is 2.29. The van der Waals surface area contributed by atoms with Crippen molar-refractivity contribution in [1.82, 2.24) is 10.2 Å². The smallest absolute Gasteiger partial charge is 0.410 e. The molecule has 0 aromatic heterocycles. The van der Waals surface area contributed by atoms with Crippen LogP contribution in [0, 0.1) is 0 Å². The highest BCUT2D eigenvalue weighted by molar-refractivity contribution is 9.10. The number of benzene rings is 1. The van der Waals surface area contributed by atoms with E-state index in [1.807, 2.05) is 25.7 Å². The van der Waals surface area contributed by atoms with Crippen molar-refractivity contribution in [3.8, 4) is 0 Å². The normalized spacial score (nSPS) is 18.0. The van der Waals surface area contributed by atoms with Crippen molar-refractivity contribution in [2.24, 2.45) is 0 Å². The van der Waals surface area contributed by atoms with Crippen molar-refractivity contribution in [2.45, 2.75) is 51.7 Å². The van der Waals surface area contributed by atoms with Crippen molar-refractivity contribution in [1.29, 1.82) is 0 Å². The van der Waals surface area contributed by atoms with Gasteiger partial charge in [0.15, 0.2) is 0 Å². The summed E-state index contributed by atoms with van der Waals surface area (Å²) in [6.07, 6.45) is 2.57. The zero-order chi connectivity index (χ0) is 19.0. The standard InChI is InChI=1S/C20H31BrN2O3/c1-20(2,3)26-19(24)23-12-11-22-15-18(23)5-4-13-25-14-10-16-6-8-17(21)9-7-16/h6-9,18,22H,4-5,10-15H2,1-3H3. The van der Waals surface area contributed by atoms with Gasteiger partial charge in [-0.25, -0.2) is 4.79 Å². The van der Waals surface area contributed by atoms with E-state index in [4.69, 9.17) is 9.47 Å². The molecule has 0 bridgehead atoms. The number of carbonyl (C=O) groups is 1. The minimum absolute atomic E-state index is 0.175. The molecule has 1 saturated heterocycles. The van der Waals surface area contributed by atoms with Gasteiger partial charge in [0.25, 0.3) is 0 Å². The van der Waals surface area contributed by atoms with E-state index in [2.05, 4.69) is 45.5 Å². The van der Waals surface area contributed by atoms with Crippen LogP contribution in [0.15, 0.2) is 28.7 Å². The zero-order valence-corrected chi connectivity index (χ0v) is 17.7. The molecule has 1 fully saturated rings. The number of rotatable bonds is 7. The molecule has 6 heteroatoms. The van der Waals surface area contributed by atoms with E-state index < -0.39 is 5.60 Å². The monoisotopic (exact) mass is 426 g/mol. The molecule has 1 N–H and O–H groups in total. The number of nitrogens with one attached hydrogen (secondary N) is 1. The van der Waals surface area contributed by atoms with Gasteiger partial charge in [0.05, 0.1) is 6.61 Å². The van der Waals surface area contributed by atoms with E-state index >= 15 is 0 Å². The lowest BCUT2D eigenvalue weighted by molar-refractivity contribution is 0.00985. The third kappa shape index (κ3) is 7.64. The molecule has 0 aliphatic carbocycles. The maximum absolute atomic E-state index is 12.4. The molecule has 26 heavy (non-hydrogen) atoms. The molecule has 1 aromatic rings. The molecule has 1 heterocycles. The fourth-order valence-corrected chi connectivity index (χ4v) is 3.21.